The van der Waals surface area contributed by atoms with Crippen LogP contribution in [0.4, 0.5) is 21.5 Å². The fraction of sp³-hybridized carbons (Fsp3) is 0.200. The monoisotopic (exact) mass is 310 g/mol. The quantitative estimate of drug-likeness (QED) is 0.834. The van der Waals surface area contributed by atoms with Gasteiger partial charge in [0.1, 0.15) is 5.75 Å². The van der Waals surface area contributed by atoms with E-state index in [-0.39, 0.29) is 11.4 Å². The van der Waals surface area contributed by atoms with Crippen LogP contribution < -0.4 is 20.5 Å². The largest absolute Gasteiger partial charge is 0.495 e. The second-order valence-corrected chi connectivity index (χ2v) is 4.91. The first kappa shape index (κ1) is 15.3. The molecule has 0 aromatic heterocycles. The highest BCUT2D eigenvalue weighted by atomic mass is 35.5. The SMILES string of the molecule is COc1cc(Nc2cc(C)c(Cl)cc2OC)c(N)cc1F. The van der Waals surface area contributed by atoms with Crippen molar-refractivity contribution in [3.05, 3.63) is 40.7 Å². The van der Waals surface area contributed by atoms with Gasteiger partial charge in [0.25, 0.3) is 0 Å². The van der Waals surface area contributed by atoms with Crippen LogP contribution in [0, 0.1) is 12.7 Å². The summed E-state index contributed by atoms with van der Waals surface area (Å²) in [5.41, 5.74) is 8.18. The molecule has 3 N–H and O–H groups in total. The lowest BCUT2D eigenvalue weighted by atomic mass is 10.2. The van der Waals surface area contributed by atoms with Crippen LogP contribution in [0.3, 0.4) is 0 Å². The third-order valence-corrected chi connectivity index (χ3v) is 3.48. The summed E-state index contributed by atoms with van der Waals surface area (Å²) < 4.78 is 23.8. The lowest BCUT2D eigenvalue weighted by Gasteiger charge is -2.15. The van der Waals surface area contributed by atoms with Crippen molar-refractivity contribution in [2.45, 2.75) is 6.92 Å². The molecule has 6 heteroatoms. The van der Waals surface area contributed by atoms with Crippen molar-refractivity contribution in [1.29, 1.82) is 0 Å². The molecule has 0 atom stereocenters. The molecule has 0 unspecified atom stereocenters. The third-order valence-electron chi connectivity index (χ3n) is 3.07. The van der Waals surface area contributed by atoms with Crippen molar-refractivity contribution in [3.63, 3.8) is 0 Å². The van der Waals surface area contributed by atoms with Gasteiger partial charge in [-0.15, -0.1) is 0 Å². The molecule has 21 heavy (non-hydrogen) atoms. The molecule has 0 heterocycles. The number of ether oxygens (including phenoxy) is 2. The van der Waals surface area contributed by atoms with Gasteiger partial charge in [-0.3, -0.25) is 0 Å². The highest BCUT2D eigenvalue weighted by Gasteiger charge is 2.12. The lowest BCUT2D eigenvalue weighted by molar-refractivity contribution is 0.387. The zero-order chi connectivity index (χ0) is 15.6. The summed E-state index contributed by atoms with van der Waals surface area (Å²) in [7, 11) is 2.94. The Labute approximate surface area is 127 Å². The molecular weight excluding hydrogens is 295 g/mol. The van der Waals surface area contributed by atoms with Gasteiger partial charge in [-0.05, 0) is 18.6 Å². The van der Waals surface area contributed by atoms with Crippen LogP contribution >= 0.6 is 11.6 Å². The fourth-order valence-corrected chi connectivity index (χ4v) is 2.06. The van der Waals surface area contributed by atoms with Crippen molar-refractivity contribution in [2.24, 2.45) is 0 Å². The Hall–Kier alpha value is -2.14. The van der Waals surface area contributed by atoms with Gasteiger partial charge >= 0.3 is 0 Å². The van der Waals surface area contributed by atoms with Crippen molar-refractivity contribution < 1.29 is 13.9 Å². The molecule has 112 valence electrons. The number of nitrogen functional groups attached to an aromatic ring is 1. The van der Waals surface area contributed by atoms with Gasteiger partial charge in [0.15, 0.2) is 11.6 Å². The molecule has 0 aliphatic carbocycles. The molecule has 0 aliphatic heterocycles. The van der Waals surface area contributed by atoms with Gasteiger partial charge in [0.2, 0.25) is 0 Å². The van der Waals surface area contributed by atoms with E-state index in [4.69, 9.17) is 26.8 Å². The Morgan fingerprint density at radius 1 is 1.05 bits per heavy atom. The summed E-state index contributed by atoms with van der Waals surface area (Å²) in [5.74, 6) is 0.157. The predicted molar refractivity (Wildman–Crippen MR) is 83.4 cm³/mol. The molecule has 2 aromatic carbocycles. The lowest BCUT2D eigenvalue weighted by Crippen LogP contribution is -2.01. The molecule has 0 amide bonds. The standard InChI is InChI=1S/C15H16ClFN2O2/c1-8-4-13(15(21-3)5-9(8)16)19-12-7-14(20-2)10(17)6-11(12)18/h4-7,19H,18H2,1-3H3. The molecule has 0 saturated carbocycles. The molecule has 0 bridgehead atoms. The number of aryl methyl sites for hydroxylation is 1. The first-order chi connectivity index (χ1) is 9.96. The molecule has 4 nitrogen and oxygen atoms in total. The van der Waals surface area contributed by atoms with E-state index >= 15 is 0 Å². The Balaban J connectivity index is 2.45. The molecule has 0 saturated heterocycles. The van der Waals surface area contributed by atoms with Gasteiger partial charge in [-0.2, -0.15) is 0 Å². The second-order valence-electron chi connectivity index (χ2n) is 4.50. The summed E-state index contributed by atoms with van der Waals surface area (Å²) in [6.45, 7) is 1.88. The average Bonchev–Trinajstić information content (AvgIpc) is 2.45. The van der Waals surface area contributed by atoms with E-state index in [2.05, 4.69) is 5.32 Å². The van der Waals surface area contributed by atoms with Gasteiger partial charge < -0.3 is 20.5 Å². The zero-order valence-corrected chi connectivity index (χ0v) is 12.7. The van der Waals surface area contributed by atoms with Crippen LogP contribution in [0.2, 0.25) is 5.02 Å². The summed E-state index contributed by atoms with van der Waals surface area (Å²) >= 11 is 6.07. The minimum absolute atomic E-state index is 0.108. The Bertz CT molecular complexity index is 677. The molecule has 2 aromatic rings. The zero-order valence-electron chi connectivity index (χ0n) is 12.0. The van der Waals surface area contributed by atoms with E-state index in [0.29, 0.717) is 22.1 Å². The maximum atomic E-state index is 13.6. The van der Waals surface area contributed by atoms with Gasteiger partial charge in [0.05, 0.1) is 31.3 Å². The fourth-order valence-electron chi connectivity index (χ4n) is 1.91. The first-order valence-corrected chi connectivity index (χ1v) is 6.58. The van der Waals surface area contributed by atoms with Crippen LogP contribution in [-0.4, -0.2) is 14.2 Å². The van der Waals surface area contributed by atoms with Crippen LogP contribution in [0.5, 0.6) is 11.5 Å². The van der Waals surface area contributed by atoms with Gasteiger partial charge in [0, 0.05) is 23.2 Å². The summed E-state index contributed by atoms with van der Waals surface area (Å²) in [5, 5.41) is 3.71. The van der Waals surface area contributed by atoms with Crippen LogP contribution in [-0.2, 0) is 0 Å². The topological polar surface area (TPSA) is 56.5 Å². The molecular formula is C15H16ClFN2O2. The van der Waals surface area contributed by atoms with Crippen molar-refractivity contribution in [1.82, 2.24) is 0 Å². The molecule has 0 fully saturated rings. The number of hydrogen-bond acceptors (Lipinski definition) is 4. The predicted octanol–water partition coefficient (Wildman–Crippen LogP) is 4.13. The van der Waals surface area contributed by atoms with Crippen molar-refractivity contribution in [3.8, 4) is 11.5 Å². The second kappa shape index (κ2) is 6.10. The summed E-state index contributed by atoms with van der Waals surface area (Å²) in [4.78, 5) is 0. The number of rotatable bonds is 4. The van der Waals surface area contributed by atoms with Crippen LogP contribution in [0.25, 0.3) is 0 Å². The Morgan fingerprint density at radius 3 is 2.33 bits per heavy atom. The Kier molecular flexibility index (Phi) is 4.43. The van der Waals surface area contributed by atoms with E-state index in [9.17, 15) is 4.39 Å². The van der Waals surface area contributed by atoms with Crippen LogP contribution in [0.1, 0.15) is 5.56 Å². The molecule has 0 radical (unpaired) electrons. The van der Waals surface area contributed by atoms with E-state index in [1.165, 1.54) is 19.2 Å². The van der Waals surface area contributed by atoms with Crippen molar-refractivity contribution >= 4 is 28.7 Å². The minimum atomic E-state index is -0.514. The number of methoxy groups -OCH3 is 2. The van der Waals surface area contributed by atoms with E-state index in [1.807, 2.05) is 13.0 Å². The van der Waals surface area contributed by atoms with E-state index < -0.39 is 5.82 Å². The number of anilines is 3. The maximum Gasteiger partial charge on any atom is 0.167 e. The number of hydrogen-bond donors (Lipinski definition) is 2. The Morgan fingerprint density at radius 2 is 1.71 bits per heavy atom. The number of halogens is 2. The first-order valence-electron chi connectivity index (χ1n) is 6.20. The van der Waals surface area contributed by atoms with Gasteiger partial charge in [-0.25, -0.2) is 4.39 Å². The van der Waals surface area contributed by atoms with Crippen LogP contribution in [0.15, 0.2) is 24.3 Å². The number of nitrogens with one attached hydrogen (secondary N) is 1. The van der Waals surface area contributed by atoms with Crippen molar-refractivity contribution in [2.75, 3.05) is 25.3 Å². The molecule has 0 aliphatic rings. The number of nitrogens with two attached hydrogens (primary N) is 1. The molecule has 2 rings (SSSR count). The summed E-state index contributed by atoms with van der Waals surface area (Å²) in [6, 6.07) is 6.23. The van der Waals surface area contributed by atoms with E-state index in [0.717, 1.165) is 5.56 Å². The highest BCUT2D eigenvalue weighted by Crippen LogP contribution is 2.36. The summed E-state index contributed by atoms with van der Waals surface area (Å²) in [6.07, 6.45) is 0. The molecule has 0 spiro atoms. The minimum Gasteiger partial charge on any atom is -0.495 e. The average molecular weight is 311 g/mol. The third kappa shape index (κ3) is 3.13. The van der Waals surface area contributed by atoms with Gasteiger partial charge in [-0.1, -0.05) is 11.6 Å². The number of benzene rings is 2. The normalized spacial score (nSPS) is 10.3. The maximum absolute atomic E-state index is 13.6. The smallest absolute Gasteiger partial charge is 0.167 e. The highest BCUT2D eigenvalue weighted by molar-refractivity contribution is 6.31. The van der Waals surface area contributed by atoms with E-state index in [1.54, 1.807) is 13.2 Å².